The Hall–Kier alpha value is -6.63. The minimum Gasteiger partial charge on any atom is -0.478 e. The number of aromatic nitrogens is 6. The Bertz CT molecular complexity index is 3610. The number of carboxylic acid groups (broad SMARTS) is 1. The molecule has 8 heterocycles. The molecule has 0 aliphatic carbocycles. The van der Waals surface area contributed by atoms with Crippen molar-refractivity contribution in [3.05, 3.63) is 92.5 Å². The highest BCUT2D eigenvalue weighted by Gasteiger charge is 2.39. The summed E-state index contributed by atoms with van der Waals surface area (Å²) in [5.41, 5.74) is 11.4. The van der Waals surface area contributed by atoms with Crippen LogP contribution in [0, 0.1) is 32.4 Å². The molecular formula is C61H72Cl4F5N13O5. The van der Waals surface area contributed by atoms with Crippen LogP contribution in [0.15, 0.2) is 48.6 Å². The third-order valence-electron chi connectivity index (χ3n) is 16.4. The van der Waals surface area contributed by atoms with Gasteiger partial charge in [-0.3, -0.25) is 4.79 Å². The SMILES string of the molecule is Cc1cc(N)nc(-c2c(Cl)cc3c(N4CCCC[C@@H]4C)nc(OC[C@@H]4CCCN4C)nc3c2F)c1C(F)(F)F.Cc1cc(N)nc(-c2c(Cl)cc3c(N4CCN(C(=O)/C=C/CCl)C[C@@H]4C)nc(OC[C@@H]4CCCN4C)nc3c2F)c1C.O=C(O)/C=C/CCl. The fourth-order valence-electron chi connectivity index (χ4n) is 11.6. The largest absolute Gasteiger partial charge is 0.478 e. The summed E-state index contributed by atoms with van der Waals surface area (Å²) in [7, 11) is 4.07. The van der Waals surface area contributed by atoms with Gasteiger partial charge in [-0.1, -0.05) is 35.4 Å². The van der Waals surface area contributed by atoms with Gasteiger partial charge in [0.05, 0.1) is 38.1 Å². The van der Waals surface area contributed by atoms with Gasteiger partial charge in [-0.25, -0.2) is 23.5 Å². The average Bonchev–Trinajstić information content (AvgIpc) is 1.40. The number of rotatable bonds is 14. The number of hydrogen-bond acceptors (Lipinski definition) is 16. The van der Waals surface area contributed by atoms with Crippen LogP contribution < -0.4 is 30.7 Å². The number of nitrogen functional groups attached to an aromatic ring is 2. The van der Waals surface area contributed by atoms with Crippen LogP contribution in [0.2, 0.25) is 10.0 Å². The molecule has 474 valence electrons. The van der Waals surface area contributed by atoms with E-state index in [0.717, 1.165) is 81.3 Å². The first kappa shape index (κ1) is 67.3. The van der Waals surface area contributed by atoms with Crippen LogP contribution in [0.25, 0.3) is 44.3 Å². The first-order valence-electron chi connectivity index (χ1n) is 29.0. The Morgan fingerprint density at radius 2 is 1.16 bits per heavy atom. The van der Waals surface area contributed by atoms with Crippen molar-refractivity contribution in [2.75, 3.05) is 99.6 Å². The Kier molecular flexibility index (Phi) is 22.4. The molecule has 88 heavy (non-hydrogen) atoms. The number of fused-ring (bicyclic) bond motifs is 2. The van der Waals surface area contributed by atoms with Crippen molar-refractivity contribution in [1.82, 2.24) is 44.6 Å². The number of piperazine rings is 1. The van der Waals surface area contributed by atoms with E-state index in [1.54, 1.807) is 23.1 Å². The number of alkyl halides is 5. The maximum atomic E-state index is 16.6. The van der Waals surface area contributed by atoms with Crippen molar-refractivity contribution >= 4 is 103 Å². The number of carbonyl (C=O) groups excluding carboxylic acids is 1. The average molecular weight is 1300 g/mol. The lowest BCUT2D eigenvalue weighted by atomic mass is 9.98. The van der Waals surface area contributed by atoms with E-state index < -0.39 is 40.6 Å². The van der Waals surface area contributed by atoms with Crippen molar-refractivity contribution in [3.8, 4) is 34.5 Å². The number of carboxylic acids is 1. The molecule has 0 spiro atoms. The zero-order valence-electron chi connectivity index (χ0n) is 50.0. The molecule has 18 nitrogen and oxygen atoms in total. The van der Waals surface area contributed by atoms with Crippen molar-refractivity contribution in [3.63, 3.8) is 0 Å². The molecule has 0 saturated carbocycles. The van der Waals surface area contributed by atoms with Crippen molar-refractivity contribution in [2.45, 2.75) is 110 Å². The number of allylic oxidation sites excluding steroid dienone is 2. The minimum absolute atomic E-state index is 0.0319. The number of hydrogen-bond donors (Lipinski definition) is 3. The van der Waals surface area contributed by atoms with E-state index in [2.05, 4.69) is 58.5 Å². The molecule has 4 saturated heterocycles. The van der Waals surface area contributed by atoms with Gasteiger partial charge in [-0.15, -0.1) is 23.2 Å². The van der Waals surface area contributed by atoms with Crippen molar-refractivity contribution < 1.29 is 46.1 Å². The molecule has 4 aromatic heterocycles. The second-order valence-corrected chi connectivity index (χ2v) is 23.9. The third kappa shape index (κ3) is 15.5. The first-order chi connectivity index (χ1) is 41.8. The highest BCUT2D eigenvalue weighted by molar-refractivity contribution is 6.35. The third-order valence-corrected chi connectivity index (χ3v) is 17.3. The van der Waals surface area contributed by atoms with Gasteiger partial charge in [-0.05, 0) is 148 Å². The molecule has 5 N–H and O–H groups in total. The Labute approximate surface area is 528 Å². The monoisotopic (exact) mass is 1300 g/mol. The highest BCUT2D eigenvalue weighted by atomic mass is 35.5. The van der Waals surface area contributed by atoms with Crippen LogP contribution >= 0.6 is 46.4 Å². The van der Waals surface area contributed by atoms with E-state index in [1.807, 2.05) is 27.8 Å². The Balaban J connectivity index is 0.000000206. The molecule has 27 heteroatoms. The number of likely N-dealkylation sites (N-methyl/N-ethyl adjacent to an activating group) is 2. The van der Waals surface area contributed by atoms with E-state index in [-0.39, 0.29) is 97.7 Å². The molecule has 4 atom stereocenters. The standard InChI is InChI=1S/C30H36Cl2FN7O2.C27H31ClF4N6O.C4H5ClO2/c1-17-13-23(34)35-27(19(17)3)25-22(32)14-21-28(26(25)33)36-30(42-16-20-7-6-10-38(20)4)37-29(21)40-12-11-39(15-18(40)2)24(41)8-5-9-31;1-14-11-19(33)34-24(21(14)27(30,31)32)20-18(28)12-17-23(22(20)29)35-26(39-13-16-8-6-9-37(16)3)36-25(17)38-10-5-4-7-15(38)2;5-3-1-2-4(6)7/h5,8,13-14,18,20H,6-7,9-12,15-16H2,1-4H3,(H2,34,35);11-12,15-16H,4-10,13H2,1-3H3,(H2,33,34);1-2H,3H2,(H,6,7)/b8-5+;;2-1+/t18-,20-;15-,16-;/m00./s1. The molecule has 4 aliphatic rings. The Morgan fingerprint density at radius 3 is 1.62 bits per heavy atom. The van der Waals surface area contributed by atoms with Crippen LogP contribution in [0.4, 0.5) is 45.2 Å². The van der Waals surface area contributed by atoms with E-state index in [4.69, 9.17) is 77.4 Å². The zero-order valence-corrected chi connectivity index (χ0v) is 53.0. The van der Waals surface area contributed by atoms with Crippen molar-refractivity contribution in [1.29, 1.82) is 0 Å². The van der Waals surface area contributed by atoms with Gasteiger partial charge in [0, 0.05) is 85.0 Å². The summed E-state index contributed by atoms with van der Waals surface area (Å²) in [6, 6.07) is 6.40. The molecule has 10 rings (SSSR count). The quantitative estimate of drug-likeness (QED) is 0.0524. The molecule has 4 aliphatic heterocycles. The molecular weight excluding hydrogens is 1230 g/mol. The lowest BCUT2D eigenvalue weighted by Crippen LogP contribution is -2.53. The number of anilines is 4. The number of likely N-dealkylation sites (tertiary alicyclic amines) is 2. The number of nitrogens with two attached hydrogens (primary N) is 2. The number of halogens is 9. The normalized spacial score (nSPS) is 19.4. The van der Waals surface area contributed by atoms with Crippen molar-refractivity contribution in [2.24, 2.45) is 0 Å². The van der Waals surface area contributed by atoms with Gasteiger partial charge in [-0.2, -0.15) is 33.1 Å². The maximum Gasteiger partial charge on any atom is 0.418 e. The minimum atomic E-state index is -4.81. The number of piperidine rings is 1. The second kappa shape index (κ2) is 29.3. The fourth-order valence-corrected chi connectivity index (χ4v) is 12.3. The first-order valence-corrected chi connectivity index (χ1v) is 30.8. The van der Waals surface area contributed by atoms with E-state index in [9.17, 15) is 22.8 Å². The van der Waals surface area contributed by atoms with Gasteiger partial charge >= 0.3 is 24.2 Å². The predicted molar refractivity (Wildman–Crippen MR) is 337 cm³/mol. The summed E-state index contributed by atoms with van der Waals surface area (Å²) >= 11 is 24.1. The number of ether oxygens (including phenoxy) is 2. The summed E-state index contributed by atoms with van der Waals surface area (Å²) < 4.78 is 87.3. The predicted octanol–water partition coefficient (Wildman–Crippen LogP) is 12.1. The summed E-state index contributed by atoms with van der Waals surface area (Å²) in [6.45, 7) is 13.8. The summed E-state index contributed by atoms with van der Waals surface area (Å²) in [4.78, 5) is 59.2. The van der Waals surface area contributed by atoms with Crippen LogP contribution in [-0.2, 0) is 15.8 Å². The maximum absolute atomic E-state index is 16.6. The summed E-state index contributed by atoms with van der Waals surface area (Å²) in [5, 5.41) is 8.60. The molecule has 2 aromatic carbocycles. The number of aliphatic carboxylic acids is 1. The molecule has 1 amide bonds. The molecule has 0 radical (unpaired) electrons. The number of carbonyl (C=O) groups is 2. The molecule has 0 unspecified atom stereocenters. The van der Waals surface area contributed by atoms with Crippen LogP contribution in [-0.4, -0.2) is 164 Å². The fraction of sp³-hybridized carbons (Fsp3) is 0.475. The van der Waals surface area contributed by atoms with E-state index >= 15 is 8.78 Å². The van der Waals surface area contributed by atoms with Crippen LogP contribution in [0.5, 0.6) is 12.0 Å². The number of amides is 1. The molecule has 6 aromatic rings. The van der Waals surface area contributed by atoms with Crippen LogP contribution in [0.3, 0.4) is 0 Å². The van der Waals surface area contributed by atoms with Crippen LogP contribution in [0.1, 0.15) is 81.0 Å². The molecule has 0 bridgehead atoms. The topological polar surface area (TPSA) is 218 Å². The smallest absolute Gasteiger partial charge is 0.418 e. The second-order valence-electron chi connectivity index (χ2n) is 22.5. The Morgan fingerprint density at radius 1 is 0.659 bits per heavy atom. The van der Waals surface area contributed by atoms with E-state index in [0.29, 0.717) is 67.5 Å². The zero-order chi connectivity index (χ0) is 63.9. The van der Waals surface area contributed by atoms with Gasteiger partial charge in [0.1, 0.15) is 47.5 Å². The number of aryl methyl sites for hydroxylation is 2. The lowest BCUT2D eigenvalue weighted by Gasteiger charge is -2.40. The highest BCUT2D eigenvalue weighted by Crippen LogP contribution is 2.46. The van der Waals surface area contributed by atoms with Gasteiger partial charge < -0.3 is 50.5 Å². The van der Waals surface area contributed by atoms with Gasteiger partial charge in [0.25, 0.3) is 0 Å². The van der Waals surface area contributed by atoms with E-state index in [1.165, 1.54) is 25.1 Å². The number of nitrogens with zero attached hydrogens (tertiary/aromatic N) is 11. The number of benzene rings is 2. The molecule has 4 fully saturated rings. The van der Waals surface area contributed by atoms with Gasteiger partial charge in [0.15, 0.2) is 11.6 Å². The summed E-state index contributed by atoms with van der Waals surface area (Å²) in [6.07, 6.45) is 7.68. The lowest BCUT2D eigenvalue weighted by molar-refractivity contribution is -0.137. The number of pyridine rings is 2. The summed E-state index contributed by atoms with van der Waals surface area (Å²) in [5.74, 6) is -1.12. The van der Waals surface area contributed by atoms with Gasteiger partial charge in [0.2, 0.25) is 5.91 Å².